The summed E-state index contributed by atoms with van der Waals surface area (Å²) >= 11 is 1.53. The van der Waals surface area contributed by atoms with Gasteiger partial charge in [0.15, 0.2) is 0 Å². The van der Waals surface area contributed by atoms with E-state index in [0.29, 0.717) is 11.3 Å². The van der Waals surface area contributed by atoms with Gasteiger partial charge in [0.25, 0.3) is 5.91 Å². The maximum absolute atomic E-state index is 12.1. The molecule has 1 aromatic heterocycles. The summed E-state index contributed by atoms with van der Waals surface area (Å²) in [5.41, 5.74) is 1.28. The second kappa shape index (κ2) is 6.88. The summed E-state index contributed by atoms with van der Waals surface area (Å²) in [5, 5.41) is 11.6. The Labute approximate surface area is 123 Å². The highest BCUT2D eigenvalue weighted by Crippen LogP contribution is 2.28. The highest BCUT2D eigenvalue weighted by Gasteiger charge is 2.21. The number of rotatable bonds is 4. The highest BCUT2D eigenvalue weighted by molar-refractivity contribution is 7.14. The fourth-order valence-corrected chi connectivity index (χ4v) is 3.68. The molecule has 5 heteroatoms. The minimum Gasteiger partial charge on any atom is -0.480 e. The van der Waals surface area contributed by atoms with Crippen LogP contribution in [0.25, 0.3) is 0 Å². The van der Waals surface area contributed by atoms with Crippen LogP contribution in [0.15, 0.2) is 6.07 Å². The number of amides is 1. The van der Waals surface area contributed by atoms with Gasteiger partial charge in [-0.3, -0.25) is 4.79 Å². The van der Waals surface area contributed by atoms with Gasteiger partial charge in [-0.2, -0.15) is 0 Å². The van der Waals surface area contributed by atoms with Crippen molar-refractivity contribution in [3.8, 4) is 0 Å². The molecule has 0 unspecified atom stereocenters. The molecule has 0 bridgehead atoms. The molecule has 0 radical (unpaired) electrons. The van der Waals surface area contributed by atoms with Gasteiger partial charge < -0.3 is 10.4 Å². The summed E-state index contributed by atoms with van der Waals surface area (Å²) < 4.78 is 0. The van der Waals surface area contributed by atoms with E-state index >= 15 is 0 Å². The normalized spacial score (nSPS) is 16.6. The van der Waals surface area contributed by atoms with Crippen LogP contribution in [0.2, 0.25) is 0 Å². The molecule has 0 aliphatic heterocycles. The number of hydrogen-bond donors (Lipinski definition) is 2. The molecule has 2 N–H and O–H groups in total. The Morgan fingerprint density at radius 3 is 2.65 bits per heavy atom. The standard InChI is InChI=1S/C15H21NO3S/c1-2-11(15(18)19)16-14(17)13-9-10-7-5-3-4-6-8-12(10)20-13/h9,11H,2-8H2,1H3,(H,16,17)(H,18,19)/t11-/m1/s1. The summed E-state index contributed by atoms with van der Waals surface area (Å²) in [6.07, 6.45) is 7.35. The van der Waals surface area contributed by atoms with Crippen LogP contribution in [-0.2, 0) is 17.6 Å². The molecule has 110 valence electrons. The predicted octanol–water partition coefficient (Wildman–Crippen LogP) is 3.00. The molecule has 0 aromatic carbocycles. The van der Waals surface area contributed by atoms with Crippen LogP contribution in [0.1, 0.15) is 59.1 Å². The van der Waals surface area contributed by atoms with Gasteiger partial charge in [-0.05, 0) is 43.7 Å². The van der Waals surface area contributed by atoms with Crippen LogP contribution in [0.5, 0.6) is 0 Å². The smallest absolute Gasteiger partial charge is 0.326 e. The number of nitrogens with one attached hydrogen (secondary N) is 1. The molecule has 1 atom stereocenters. The van der Waals surface area contributed by atoms with E-state index in [0.717, 1.165) is 12.8 Å². The molecule has 4 nitrogen and oxygen atoms in total. The largest absolute Gasteiger partial charge is 0.480 e. The number of aryl methyl sites for hydroxylation is 2. The summed E-state index contributed by atoms with van der Waals surface area (Å²) in [6.45, 7) is 1.76. The number of fused-ring (bicyclic) bond motifs is 1. The summed E-state index contributed by atoms with van der Waals surface area (Å²) in [4.78, 5) is 25.1. The van der Waals surface area contributed by atoms with Crippen LogP contribution >= 0.6 is 11.3 Å². The van der Waals surface area contributed by atoms with Crippen molar-refractivity contribution in [3.05, 3.63) is 21.4 Å². The van der Waals surface area contributed by atoms with E-state index in [1.54, 1.807) is 6.92 Å². The van der Waals surface area contributed by atoms with E-state index in [2.05, 4.69) is 5.32 Å². The molecule has 2 rings (SSSR count). The topological polar surface area (TPSA) is 66.4 Å². The first-order valence-corrected chi connectivity index (χ1v) is 8.08. The van der Waals surface area contributed by atoms with E-state index in [4.69, 9.17) is 5.11 Å². The molecule has 0 saturated carbocycles. The van der Waals surface area contributed by atoms with Gasteiger partial charge in [0, 0.05) is 4.88 Å². The molecule has 1 aromatic rings. The van der Waals surface area contributed by atoms with E-state index in [-0.39, 0.29) is 5.91 Å². The first-order valence-electron chi connectivity index (χ1n) is 7.27. The predicted molar refractivity (Wildman–Crippen MR) is 79.4 cm³/mol. The molecule has 1 amide bonds. The van der Waals surface area contributed by atoms with E-state index in [9.17, 15) is 9.59 Å². The lowest BCUT2D eigenvalue weighted by Crippen LogP contribution is -2.39. The van der Waals surface area contributed by atoms with Gasteiger partial charge in [-0.1, -0.05) is 19.8 Å². The maximum atomic E-state index is 12.1. The third-order valence-electron chi connectivity index (χ3n) is 3.73. The van der Waals surface area contributed by atoms with Crippen molar-refractivity contribution < 1.29 is 14.7 Å². The Kier molecular flexibility index (Phi) is 5.17. The average Bonchev–Trinajstić information content (AvgIpc) is 2.78. The van der Waals surface area contributed by atoms with Gasteiger partial charge in [0.05, 0.1) is 4.88 Å². The van der Waals surface area contributed by atoms with Crippen molar-refractivity contribution in [2.24, 2.45) is 0 Å². The molecule has 1 aliphatic carbocycles. The maximum Gasteiger partial charge on any atom is 0.326 e. The summed E-state index contributed by atoms with van der Waals surface area (Å²) in [5.74, 6) is -1.23. The van der Waals surface area contributed by atoms with Crippen LogP contribution in [-0.4, -0.2) is 23.0 Å². The number of hydrogen-bond acceptors (Lipinski definition) is 3. The molecule has 20 heavy (non-hydrogen) atoms. The zero-order chi connectivity index (χ0) is 14.5. The highest BCUT2D eigenvalue weighted by atomic mass is 32.1. The van der Waals surface area contributed by atoms with Crippen molar-refractivity contribution in [3.63, 3.8) is 0 Å². The Balaban J connectivity index is 2.10. The van der Waals surface area contributed by atoms with Crippen molar-refractivity contribution in [2.75, 3.05) is 0 Å². The summed E-state index contributed by atoms with van der Waals surface area (Å²) in [6, 6.07) is 1.15. The first-order chi connectivity index (χ1) is 9.61. The van der Waals surface area contributed by atoms with E-state index < -0.39 is 12.0 Å². The number of carboxylic acid groups (broad SMARTS) is 1. The Morgan fingerprint density at radius 1 is 1.30 bits per heavy atom. The average molecular weight is 295 g/mol. The SMILES string of the molecule is CC[C@@H](NC(=O)c1cc2c(s1)CCCCCC2)C(=O)O. The minimum atomic E-state index is -0.976. The Morgan fingerprint density at radius 2 is 2.00 bits per heavy atom. The van der Waals surface area contributed by atoms with Crippen LogP contribution in [0, 0.1) is 0 Å². The van der Waals surface area contributed by atoms with Crippen molar-refractivity contribution in [2.45, 2.75) is 57.9 Å². The molecule has 1 heterocycles. The third kappa shape index (κ3) is 3.60. The quantitative estimate of drug-likeness (QED) is 0.897. The Bertz CT molecular complexity index is 470. The third-order valence-corrected chi connectivity index (χ3v) is 4.97. The minimum absolute atomic E-state index is 0.254. The summed E-state index contributed by atoms with van der Waals surface area (Å²) in [7, 11) is 0. The number of thiophene rings is 1. The van der Waals surface area contributed by atoms with E-state index in [1.165, 1.54) is 47.5 Å². The number of carbonyl (C=O) groups is 2. The van der Waals surface area contributed by atoms with Crippen LogP contribution in [0.3, 0.4) is 0 Å². The molecular formula is C15H21NO3S. The molecule has 0 saturated heterocycles. The second-order valence-electron chi connectivity index (χ2n) is 5.25. The molecular weight excluding hydrogens is 274 g/mol. The van der Waals surface area contributed by atoms with Crippen molar-refractivity contribution in [1.82, 2.24) is 5.32 Å². The van der Waals surface area contributed by atoms with Crippen molar-refractivity contribution in [1.29, 1.82) is 0 Å². The zero-order valence-corrected chi connectivity index (χ0v) is 12.6. The van der Waals surface area contributed by atoms with Crippen molar-refractivity contribution >= 4 is 23.2 Å². The van der Waals surface area contributed by atoms with Crippen LogP contribution < -0.4 is 5.32 Å². The van der Waals surface area contributed by atoms with Crippen LogP contribution in [0.4, 0.5) is 0 Å². The van der Waals surface area contributed by atoms with Gasteiger partial charge >= 0.3 is 5.97 Å². The van der Waals surface area contributed by atoms with Gasteiger partial charge in [0.1, 0.15) is 6.04 Å². The number of carbonyl (C=O) groups excluding carboxylic acids is 1. The zero-order valence-electron chi connectivity index (χ0n) is 11.8. The van der Waals surface area contributed by atoms with Gasteiger partial charge in [-0.15, -0.1) is 11.3 Å². The van der Waals surface area contributed by atoms with Gasteiger partial charge in [0.2, 0.25) is 0 Å². The lowest BCUT2D eigenvalue weighted by atomic mass is 10.00. The monoisotopic (exact) mass is 295 g/mol. The lowest BCUT2D eigenvalue weighted by molar-refractivity contribution is -0.139. The van der Waals surface area contributed by atoms with Gasteiger partial charge in [-0.25, -0.2) is 4.79 Å². The number of carboxylic acids is 1. The fraction of sp³-hybridized carbons (Fsp3) is 0.600. The fourth-order valence-electron chi connectivity index (χ4n) is 2.52. The first kappa shape index (κ1) is 15.0. The second-order valence-corrected chi connectivity index (χ2v) is 6.38. The Hall–Kier alpha value is -1.36. The molecule has 0 spiro atoms. The number of aliphatic carboxylic acids is 1. The molecule has 1 aliphatic rings. The lowest BCUT2D eigenvalue weighted by Gasteiger charge is -2.10. The molecule has 0 fully saturated rings. The van der Waals surface area contributed by atoms with E-state index in [1.807, 2.05) is 6.07 Å².